The summed E-state index contributed by atoms with van der Waals surface area (Å²) in [7, 11) is 0. The smallest absolute Gasteiger partial charge is 0.180 e. The van der Waals surface area contributed by atoms with Crippen LogP contribution in [0, 0.1) is 0 Å². The maximum atomic E-state index is 11.6. The number of carbonyl (C=O) groups is 1. The lowest BCUT2D eigenvalue weighted by Gasteiger charge is -2.03. The molecule has 2 rings (SSSR count). The molecule has 1 aliphatic rings. The number of carbonyl (C=O) groups excluding carboxylic acids is 1. The van der Waals surface area contributed by atoms with Gasteiger partial charge in [0.1, 0.15) is 5.82 Å². The van der Waals surface area contributed by atoms with E-state index < -0.39 is 0 Å². The minimum Gasteiger partial charge on any atom is -0.383 e. The molecule has 0 unspecified atom stereocenters. The summed E-state index contributed by atoms with van der Waals surface area (Å²) in [6.07, 6.45) is 3.94. The number of nitrogen functional groups attached to an aromatic ring is 1. The fourth-order valence-corrected chi connectivity index (χ4v) is 1.27. The number of ketones is 1. The Kier molecular flexibility index (Phi) is 2.45. The first-order valence-electron chi connectivity index (χ1n) is 4.74. The largest absolute Gasteiger partial charge is 0.383 e. The van der Waals surface area contributed by atoms with E-state index in [9.17, 15) is 4.79 Å². The van der Waals surface area contributed by atoms with E-state index in [2.05, 4.69) is 10.3 Å². The Morgan fingerprint density at radius 2 is 2.43 bits per heavy atom. The van der Waals surface area contributed by atoms with Gasteiger partial charge in [0.15, 0.2) is 5.78 Å². The van der Waals surface area contributed by atoms with Crippen LogP contribution < -0.4 is 11.1 Å². The van der Waals surface area contributed by atoms with Crippen molar-refractivity contribution in [2.24, 2.45) is 0 Å². The van der Waals surface area contributed by atoms with Gasteiger partial charge < -0.3 is 11.1 Å². The second-order valence-electron chi connectivity index (χ2n) is 3.51. The Balaban J connectivity index is 1.98. The number of nitrogens with one attached hydrogen (secondary N) is 1. The van der Waals surface area contributed by atoms with Gasteiger partial charge in [-0.2, -0.15) is 0 Å². The molecule has 1 aromatic heterocycles. The first-order chi connectivity index (χ1) is 6.77. The monoisotopic (exact) mass is 191 g/mol. The van der Waals surface area contributed by atoms with E-state index in [1.807, 2.05) is 0 Å². The summed E-state index contributed by atoms with van der Waals surface area (Å²) in [6.45, 7) is 0.362. The van der Waals surface area contributed by atoms with Crippen molar-refractivity contribution < 1.29 is 4.79 Å². The van der Waals surface area contributed by atoms with Gasteiger partial charge >= 0.3 is 0 Å². The molecule has 4 heteroatoms. The van der Waals surface area contributed by atoms with Crippen molar-refractivity contribution in [1.82, 2.24) is 10.3 Å². The fraction of sp³-hybridized carbons (Fsp3) is 0.400. The molecular weight excluding hydrogens is 178 g/mol. The van der Waals surface area contributed by atoms with Gasteiger partial charge in [0, 0.05) is 12.2 Å². The van der Waals surface area contributed by atoms with E-state index in [1.165, 1.54) is 12.8 Å². The summed E-state index contributed by atoms with van der Waals surface area (Å²) in [5.74, 6) is 0.331. The van der Waals surface area contributed by atoms with Crippen LogP contribution in [-0.2, 0) is 0 Å². The zero-order valence-corrected chi connectivity index (χ0v) is 7.86. The van der Waals surface area contributed by atoms with Crippen molar-refractivity contribution in [1.29, 1.82) is 0 Å². The number of nitrogens with two attached hydrogens (primary N) is 1. The van der Waals surface area contributed by atoms with Crippen LogP contribution in [0.2, 0.25) is 0 Å². The molecule has 3 N–H and O–H groups in total. The number of anilines is 1. The maximum absolute atomic E-state index is 11.6. The van der Waals surface area contributed by atoms with Gasteiger partial charge in [-0.1, -0.05) is 0 Å². The fourth-order valence-electron chi connectivity index (χ4n) is 1.27. The zero-order chi connectivity index (χ0) is 9.97. The lowest BCUT2D eigenvalue weighted by atomic mass is 10.1. The molecule has 1 saturated carbocycles. The Morgan fingerprint density at radius 1 is 1.64 bits per heavy atom. The lowest BCUT2D eigenvalue weighted by molar-refractivity contribution is 0.0991. The normalized spacial score (nSPS) is 15.4. The number of nitrogens with zero attached hydrogens (tertiary/aromatic N) is 1. The Labute approximate surface area is 82.5 Å². The van der Waals surface area contributed by atoms with E-state index in [0.29, 0.717) is 24.0 Å². The molecule has 74 valence electrons. The predicted octanol–water partition coefficient (Wildman–Crippen LogP) is 0.598. The van der Waals surface area contributed by atoms with Gasteiger partial charge in [-0.25, -0.2) is 4.98 Å². The number of hydrogen-bond donors (Lipinski definition) is 2. The van der Waals surface area contributed by atoms with Crippen LogP contribution in [0.3, 0.4) is 0 Å². The van der Waals surface area contributed by atoms with Crippen LogP contribution in [0.1, 0.15) is 23.2 Å². The Bertz CT molecular complexity index is 347. The highest BCUT2D eigenvalue weighted by molar-refractivity contribution is 6.01. The van der Waals surface area contributed by atoms with Crippen molar-refractivity contribution in [3.05, 3.63) is 23.9 Å². The van der Waals surface area contributed by atoms with Crippen molar-refractivity contribution in [2.45, 2.75) is 18.9 Å². The molecule has 0 bridgehead atoms. The average Bonchev–Trinajstić information content (AvgIpc) is 2.98. The van der Waals surface area contributed by atoms with Gasteiger partial charge in [0.05, 0.1) is 12.1 Å². The number of hydrogen-bond acceptors (Lipinski definition) is 4. The summed E-state index contributed by atoms with van der Waals surface area (Å²) in [5.41, 5.74) is 6.10. The highest BCUT2D eigenvalue weighted by Gasteiger charge is 2.21. The summed E-state index contributed by atoms with van der Waals surface area (Å²) < 4.78 is 0. The summed E-state index contributed by atoms with van der Waals surface area (Å²) in [4.78, 5) is 15.5. The Hall–Kier alpha value is -1.42. The Morgan fingerprint density at radius 3 is 3.07 bits per heavy atom. The van der Waals surface area contributed by atoms with Crippen LogP contribution >= 0.6 is 0 Å². The van der Waals surface area contributed by atoms with E-state index in [1.54, 1.807) is 18.3 Å². The topological polar surface area (TPSA) is 68.0 Å². The molecule has 0 atom stereocenters. The first kappa shape index (κ1) is 9.15. The van der Waals surface area contributed by atoms with Crippen LogP contribution in [0.25, 0.3) is 0 Å². The van der Waals surface area contributed by atoms with E-state index >= 15 is 0 Å². The molecule has 1 aromatic rings. The third-order valence-electron chi connectivity index (χ3n) is 2.27. The first-order valence-corrected chi connectivity index (χ1v) is 4.74. The number of pyridine rings is 1. The van der Waals surface area contributed by atoms with Crippen LogP contribution in [0.5, 0.6) is 0 Å². The number of aromatic nitrogens is 1. The molecule has 0 radical (unpaired) electrons. The molecule has 0 spiro atoms. The quantitative estimate of drug-likeness (QED) is 0.684. The van der Waals surface area contributed by atoms with Crippen molar-refractivity contribution in [3.8, 4) is 0 Å². The lowest BCUT2D eigenvalue weighted by Crippen LogP contribution is -2.25. The standard InChI is InChI=1S/C10H13N3O/c11-10-8(2-1-5-12-10)9(14)6-13-7-3-4-7/h1-2,5,7,13H,3-4,6H2,(H2,11,12). The highest BCUT2D eigenvalue weighted by atomic mass is 16.1. The van der Waals surface area contributed by atoms with E-state index in [4.69, 9.17) is 5.73 Å². The molecule has 1 aliphatic carbocycles. The molecule has 0 saturated heterocycles. The van der Waals surface area contributed by atoms with Crippen LogP contribution in [-0.4, -0.2) is 23.4 Å². The molecule has 4 nitrogen and oxygen atoms in total. The highest BCUT2D eigenvalue weighted by Crippen LogP contribution is 2.18. The maximum Gasteiger partial charge on any atom is 0.180 e. The molecule has 0 aromatic carbocycles. The summed E-state index contributed by atoms with van der Waals surface area (Å²) in [5, 5.41) is 3.15. The number of rotatable bonds is 4. The molecular formula is C10H13N3O. The average molecular weight is 191 g/mol. The van der Waals surface area contributed by atoms with Gasteiger partial charge in [-0.05, 0) is 25.0 Å². The van der Waals surface area contributed by atoms with Crippen molar-refractivity contribution >= 4 is 11.6 Å². The molecule has 14 heavy (non-hydrogen) atoms. The van der Waals surface area contributed by atoms with E-state index in [0.717, 1.165) is 0 Å². The molecule has 0 amide bonds. The van der Waals surface area contributed by atoms with E-state index in [-0.39, 0.29) is 5.78 Å². The van der Waals surface area contributed by atoms with Gasteiger partial charge in [0.2, 0.25) is 0 Å². The zero-order valence-electron chi connectivity index (χ0n) is 7.86. The number of Topliss-reactive ketones (excluding diaryl/α,β-unsaturated/α-hetero) is 1. The van der Waals surface area contributed by atoms with Gasteiger partial charge in [-0.15, -0.1) is 0 Å². The second-order valence-corrected chi connectivity index (χ2v) is 3.51. The SMILES string of the molecule is Nc1ncccc1C(=O)CNC1CC1. The van der Waals surface area contributed by atoms with Gasteiger partial charge in [0.25, 0.3) is 0 Å². The van der Waals surface area contributed by atoms with Gasteiger partial charge in [-0.3, -0.25) is 4.79 Å². The minimum absolute atomic E-state index is 0.0162. The molecule has 1 heterocycles. The molecule has 1 fully saturated rings. The second kappa shape index (κ2) is 3.75. The third kappa shape index (κ3) is 2.09. The molecule has 0 aliphatic heterocycles. The predicted molar refractivity (Wildman–Crippen MR) is 54.0 cm³/mol. The summed E-state index contributed by atoms with van der Waals surface area (Å²) >= 11 is 0. The summed E-state index contributed by atoms with van der Waals surface area (Å²) in [6, 6.07) is 3.97. The van der Waals surface area contributed by atoms with Crippen molar-refractivity contribution in [2.75, 3.05) is 12.3 Å². The van der Waals surface area contributed by atoms with Crippen LogP contribution in [0.4, 0.5) is 5.82 Å². The minimum atomic E-state index is 0.0162. The third-order valence-corrected chi connectivity index (χ3v) is 2.27. The van der Waals surface area contributed by atoms with Crippen molar-refractivity contribution in [3.63, 3.8) is 0 Å². The van der Waals surface area contributed by atoms with Crippen LogP contribution in [0.15, 0.2) is 18.3 Å².